The van der Waals surface area contributed by atoms with E-state index in [1.165, 1.54) is 0 Å². The highest BCUT2D eigenvalue weighted by Crippen LogP contribution is 2.28. The Balaban J connectivity index is 2.32. The Bertz CT molecular complexity index is 593. The van der Waals surface area contributed by atoms with Gasteiger partial charge in [-0.25, -0.2) is 13.2 Å². The summed E-state index contributed by atoms with van der Waals surface area (Å²) in [6, 6.07) is 8.00. The maximum Gasteiger partial charge on any atom is 0.152 e. The van der Waals surface area contributed by atoms with Crippen LogP contribution in [0.1, 0.15) is 24.9 Å². The second-order valence-electron chi connectivity index (χ2n) is 4.40. The molecule has 106 valence electrons. The summed E-state index contributed by atoms with van der Waals surface area (Å²) in [4.78, 5) is 0. The van der Waals surface area contributed by atoms with Crippen molar-refractivity contribution in [2.45, 2.75) is 19.4 Å². The SMILES string of the molecule is CCC(Nc1c(F)cc(F)cc1F)c1cccc(Cl)c1. The van der Waals surface area contributed by atoms with E-state index < -0.39 is 17.5 Å². The van der Waals surface area contributed by atoms with Gasteiger partial charge < -0.3 is 5.32 Å². The Hall–Kier alpha value is -1.68. The van der Waals surface area contributed by atoms with Crippen molar-refractivity contribution < 1.29 is 13.2 Å². The van der Waals surface area contributed by atoms with Gasteiger partial charge in [0, 0.05) is 17.2 Å². The first-order valence-electron chi connectivity index (χ1n) is 6.17. The van der Waals surface area contributed by atoms with Gasteiger partial charge in [0.05, 0.1) is 6.04 Å². The van der Waals surface area contributed by atoms with E-state index in [2.05, 4.69) is 5.32 Å². The van der Waals surface area contributed by atoms with Gasteiger partial charge in [-0.15, -0.1) is 0 Å². The molecule has 0 saturated carbocycles. The second kappa shape index (κ2) is 6.18. The first-order chi connectivity index (χ1) is 9.51. The lowest BCUT2D eigenvalue weighted by Gasteiger charge is -2.20. The number of benzene rings is 2. The van der Waals surface area contributed by atoms with E-state index >= 15 is 0 Å². The fraction of sp³-hybridized carbons (Fsp3) is 0.200. The molecule has 1 nitrogen and oxygen atoms in total. The predicted molar refractivity (Wildman–Crippen MR) is 74.4 cm³/mol. The van der Waals surface area contributed by atoms with Gasteiger partial charge in [-0.1, -0.05) is 30.7 Å². The molecule has 0 radical (unpaired) electrons. The van der Waals surface area contributed by atoms with E-state index in [1.54, 1.807) is 18.2 Å². The minimum Gasteiger partial charge on any atom is -0.373 e. The van der Waals surface area contributed by atoms with Crippen LogP contribution in [-0.4, -0.2) is 0 Å². The van der Waals surface area contributed by atoms with E-state index in [4.69, 9.17) is 11.6 Å². The summed E-state index contributed by atoms with van der Waals surface area (Å²) in [5, 5.41) is 3.30. The molecule has 0 bridgehead atoms. The maximum absolute atomic E-state index is 13.6. The third kappa shape index (κ3) is 3.25. The Labute approximate surface area is 120 Å². The van der Waals surface area contributed by atoms with E-state index in [0.717, 1.165) is 5.56 Å². The van der Waals surface area contributed by atoms with E-state index in [1.807, 2.05) is 13.0 Å². The molecule has 5 heteroatoms. The number of nitrogens with one attached hydrogen (secondary N) is 1. The van der Waals surface area contributed by atoms with Gasteiger partial charge in [0.25, 0.3) is 0 Å². The zero-order valence-corrected chi connectivity index (χ0v) is 11.5. The molecule has 0 saturated heterocycles. The molecule has 20 heavy (non-hydrogen) atoms. The zero-order chi connectivity index (χ0) is 14.7. The summed E-state index contributed by atoms with van der Waals surface area (Å²) in [6.45, 7) is 1.87. The van der Waals surface area contributed by atoms with Crippen LogP contribution in [0.15, 0.2) is 36.4 Å². The molecule has 0 aliphatic carbocycles. The first kappa shape index (κ1) is 14.7. The van der Waals surface area contributed by atoms with E-state index in [-0.39, 0.29) is 11.7 Å². The molecule has 0 aromatic heterocycles. The Morgan fingerprint density at radius 3 is 2.30 bits per heavy atom. The summed E-state index contributed by atoms with van der Waals surface area (Å²) in [6.07, 6.45) is 0.594. The molecule has 1 N–H and O–H groups in total. The Morgan fingerprint density at radius 1 is 1.10 bits per heavy atom. The van der Waals surface area contributed by atoms with Crippen LogP contribution in [-0.2, 0) is 0 Å². The standard InChI is InChI=1S/C15H13ClF3N/c1-2-14(9-4-3-5-10(16)6-9)20-15-12(18)7-11(17)8-13(15)19/h3-8,14,20H,2H2,1H3. The van der Waals surface area contributed by atoms with Crippen LogP contribution in [0.5, 0.6) is 0 Å². The summed E-state index contributed by atoms with van der Waals surface area (Å²) in [7, 11) is 0. The van der Waals surface area contributed by atoms with Crippen LogP contribution in [0, 0.1) is 17.5 Å². The molecule has 0 spiro atoms. The van der Waals surface area contributed by atoms with Crippen molar-refractivity contribution in [3.63, 3.8) is 0 Å². The molecule has 0 aliphatic rings. The Morgan fingerprint density at radius 2 is 1.75 bits per heavy atom. The third-order valence-corrected chi connectivity index (χ3v) is 3.22. The monoisotopic (exact) mass is 299 g/mol. The van der Waals surface area contributed by atoms with Crippen molar-refractivity contribution in [2.75, 3.05) is 5.32 Å². The second-order valence-corrected chi connectivity index (χ2v) is 4.84. The Kier molecular flexibility index (Phi) is 4.55. The number of hydrogen-bond acceptors (Lipinski definition) is 1. The molecule has 0 aliphatic heterocycles. The fourth-order valence-electron chi connectivity index (χ4n) is 2.00. The van der Waals surface area contributed by atoms with Gasteiger partial charge in [0.1, 0.15) is 11.5 Å². The quantitative estimate of drug-likeness (QED) is 0.805. The van der Waals surface area contributed by atoms with Crippen LogP contribution in [0.3, 0.4) is 0 Å². The summed E-state index contributed by atoms with van der Waals surface area (Å²) < 4.78 is 40.1. The maximum atomic E-state index is 13.6. The van der Waals surface area contributed by atoms with Crippen molar-refractivity contribution in [3.05, 3.63) is 64.4 Å². The first-order valence-corrected chi connectivity index (χ1v) is 6.55. The minimum atomic E-state index is -0.956. The molecule has 2 aromatic carbocycles. The molecule has 2 rings (SSSR count). The zero-order valence-electron chi connectivity index (χ0n) is 10.8. The number of anilines is 1. The van der Waals surface area contributed by atoms with Crippen LogP contribution < -0.4 is 5.32 Å². The summed E-state index contributed by atoms with van der Waals surface area (Å²) in [5.41, 5.74) is 0.473. The molecule has 2 aromatic rings. The van der Waals surface area contributed by atoms with Crippen molar-refractivity contribution in [1.29, 1.82) is 0 Å². The van der Waals surface area contributed by atoms with Gasteiger partial charge in [-0.05, 0) is 24.1 Å². The average molecular weight is 300 g/mol. The van der Waals surface area contributed by atoms with Crippen LogP contribution >= 0.6 is 11.6 Å². The molecule has 0 heterocycles. The largest absolute Gasteiger partial charge is 0.373 e. The average Bonchev–Trinajstić information content (AvgIpc) is 2.38. The molecule has 0 amide bonds. The predicted octanol–water partition coefficient (Wildman–Crippen LogP) is 5.32. The third-order valence-electron chi connectivity index (χ3n) is 2.98. The van der Waals surface area contributed by atoms with Gasteiger partial charge in [0.15, 0.2) is 11.6 Å². The topological polar surface area (TPSA) is 12.0 Å². The fourth-order valence-corrected chi connectivity index (χ4v) is 2.20. The lowest BCUT2D eigenvalue weighted by Crippen LogP contribution is -2.12. The molecular formula is C15H13ClF3N. The van der Waals surface area contributed by atoms with Gasteiger partial charge in [-0.3, -0.25) is 0 Å². The van der Waals surface area contributed by atoms with Crippen molar-refractivity contribution in [2.24, 2.45) is 0 Å². The summed E-state index contributed by atoms with van der Waals surface area (Å²) in [5.74, 6) is -2.85. The van der Waals surface area contributed by atoms with Crippen molar-refractivity contribution in [1.82, 2.24) is 0 Å². The number of rotatable bonds is 4. The number of hydrogen-bond donors (Lipinski definition) is 1. The summed E-state index contributed by atoms with van der Waals surface area (Å²) >= 11 is 5.91. The number of halogens is 4. The van der Waals surface area contributed by atoms with Crippen LogP contribution in [0.4, 0.5) is 18.9 Å². The lowest BCUT2D eigenvalue weighted by molar-refractivity contribution is 0.543. The van der Waals surface area contributed by atoms with E-state index in [9.17, 15) is 13.2 Å². The van der Waals surface area contributed by atoms with Crippen LogP contribution in [0.25, 0.3) is 0 Å². The van der Waals surface area contributed by atoms with Crippen molar-refractivity contribution >= 4 is 17.3 Å². The molecule has 1 atom stereocenters. The highest BCUT2D eigenvalue weighted by molar-refractivity contribution is 6.30. The highest BCUT2D eigenvalue weighted by atomic mass is 35.5. The molecule has 1 unspecified atom stereocenters. The smallest absolute Gasteiger partial charge is 0.152 e. The molecular weight excluding hydrogens is 287 g/mol. The minimum absolute atomic E-state index is 0.317. The van der Waals surface area contributed by atoms with Crippen LogP contribution in [0.2, 0.25) is 5.02 Å². The molecule has 0 fully saturated rings. The van der Waals surface area contributed by atoms with Gasteiger partial charge in [0.2, 0.25) is 0 Å². The van der Waals surface area contributed by atoms with Gasteiger partial charge >= 0.3 is 0 Å². The van der Waals surface area contributed by atoms with E-state index in [0.29, 0.717) is 23.6 Å². The normalized spacial score (nSPS) is 12.2. The lowest BCUT2D eigenvalue weighted by atomic mass is 10.0. The highest BCUT2D eigenvalue weighted by Gasteiger charge is 2.16. The van der Waals surface area contributed by atoms with Crippen molar-refractivity contribution in [3.8, 4) is 0 Å². The van der Waals surface area contributed by atoms with Gasteiger partial charge in [-0.2, -0.15) is 0 Å².